The van der Waals surface area contributed by atoms with Gasteiger partial charge in [0.25, 0.3) is 0 Å². The summed E-state index contributed by atoms with van der Waals surface area (Å²) >= 11 is 0. The minimum atomic E-state index is 0.170. The molecule has 1 aromatic rings. The highest BCUT2D eigenvalue weighted by Gasteiger charge is 2.13. The first-order chi connectivity index (χ1) is 6.79. The average Bonchev–Trinajstić information content (AvgIpc) is 2.65. The van der Waals surface area contributed by atoms with Crippen molar-refractivity contribution >= 4 is 0 Å². The normalized spacial score (nSPS) is 19.7. The van der Waals surface area contributed by atoms with Crippen LogP contribution in [-0.2, 0) is 0 Å². The Morgan fingerprint density at radius 1 is 1.43 bits per heavy atom. The molecule has 1 aromatic carbocycles. The van der Waals surface area contributed by atoms with Crippen molar-refractivity contribution < 1.29 is 0 Å². The highest BCUT2D eigenvalue weighted by molar-refractivity contribution is 5.36. The number of hydrazine groups is 1. The molecule has 3 nitrogen and oxygen atoms in total. The van der Waals surface area contributed by atoms with Crippen LogP contribution in [0, 0.1) is 11.3 Å². The lowest BCUT2D eigenvalue weighted by Gasteiger charge is -2.08. The zero-order valence-electron chi connectivity index (χ0n) is 7.91. The van der Waals surface area contributed by atoms with E-state index in [1.54, 1.807) is 0 Å². The van der Waals surface area contributed by atoms with E-state index in [1.807, 2.05) is 31.2 Å². The molecule has 0 aliphatic carbocycles. The third-order valence-corrected chi connectivity index (χ3v) is 2.22. The number of hydrogen-bond acceptors (Lipinski definition) is 3. The fourth-order valence-electron chi connectivity index (χ4n) is 1.51. The van der Waals surface area contributed by atoms with Gasteiger partial charge in [0.15, 0.2) is 0 Å². The van der Waals surface area contributed by atoms with E-state index in [9.17, 15) is 0 Å². The fraction of sp³-hybridized carbons (Fsp3) is 0.182. The van der Waals surface area contributed by atoms with Crippen LogP contribution < -0.4 is 10.9 Å². The maximum absolute atomic E-state index is 8.76. The molecule has 70 valence electrons. The number of hydrogen-bond donors (Lipinski definition) is 2. The summed E-state index contributed by atoms with van der Waals surface area (Å²) in [5.74, 6) is 0. The van der Waals surface area contributed by atoms with Crippen LogP contribution in [0.1, 0.15) is 24.1 Å². The van der Waals surface area contributed by atoms with Gasteiger partial charge in [0.1, 0.15) is 0 Å². The summed E-state index contributed by atoms with van der Waals surface area (Å²) in [4.78, 5) is 0. The lowest BCUT2D eigenvalue weighted by atomic mass is 10.0. The molecule has 1 unspecified atom stereocenters. The van der Waals surface area contributed by atoms with Gasteiger partial charge < -0.3 is 5.43 Å². The molecule has 14 heavy (non-hydrogen) atoms. The summed E-state index contributed by atoms with van der Waals surface area (Å²) in [6, 6.07) is 9.92. The Labute approximate surface area is 83.0 Å². The number of nitrogens with one attached hydrogen (secondary N) is 2. The van der Waals surface area contributed by atoms with Gasteiger partial charge in [-0.3, -0.25) is 0 Å². The number of allylic oxidation sites excluding steroid dienone is 1. The van der Waals surface area contributed by atoms with Gasteiger partial charge in [-0.15, -0.1) is 0 Å². The smallest absolute Gasteiger partial charge is 0.0991 e. The predicted octanol–water partition coefficient (Wildman–Crippen LogP) is 1.61. The zero-order chi connectivity index (χ0) is 9.97. The van der Waals surface area contributed by atoms with Crippen molar-refractivity contribution in [1.29, 1.82) is 5.26 Å². The van der Waals surface area contributed by atoms with E-state index in [1.165, 1.54) is 0 Å². The largest absolute Gasteiger partial charge is 0.325 e. The highest BCUT2D eigenvalue weighted by Crippen LogP contribution is 2.19. The van der Waals surface area contributed by atoms with Gasteiger partial charge in [-0.25, -0.2) is 5.43 Å². The van der Waals surface area contributed by atoms with E-state index in [-0.39, 0.29) is 6.04 Å². The monoisotopic (exact) mass is 185 g/mol. The van der Waals surface area contributed by atoms with Crippen molar-refractivity contribution in [2.24, 2.45) is 0 Å². The van der Waals surface area contributed by atoms with E-state index < -0.39 is 0 Å². The number of benzene rings is 1. The van der Waals surface area contributed by atoms with Gasteiger partial charge in [-0.2, -0.15) is 5.26 Å². The van der Waals surface area contributed by atoms with Crippen LogP contribution in [-0.4, -0.2) is 0 Å². The molecular formula is C11H11N3. The topological polar surface area (TPSA) is 47.9 Å². The molecule has 0 saturated carbocycles. The fourth-order valence-corrected chi connectivity index (χ4v) is 1.51. The first-order valence-electron chi connectivity index (χ1n) is 4.49. The van der Waals surface area contributed by atoms with Crippen LogP contribution in [0.5, 0.6) is 0 Å². The van der Waals surface area contributed by atoms with Gasteiger partial charge in [0.05, 0.1) is 17.7 Å². The van der Waals surface area contributed by atoms with Crippen molar-refractivity contribution in [2.45, 2.75) is 13.0 Å². The summed E-state index contributed by atoms with van der Waals surface area (Å²) in [6.07, 6.45) is 2.09. The van der Waals surface area contributed by atoms with E-state index in [2.05, 4.69) is 23.0 Å². The molecular weight excluding hydrogens is 174 g/mol. The summed E-state index contributed by atoms with van der Waals surface area (Å²) in [6.45, 7) is 2.00. The third-order valence-electron chi connectivity index (χ3n) is 2.22. The molecule has 3 heteroatoms. The Bertz CT molecular complexity index is 415. The molecule has 1 aliphatic rings. The molecule has 0 amide bonds. The minimum Gasteiger partial charge on any atom is -0.325 e. The van der Waals surface area contributed by atoms with E-state index in [0.717, 1.165) is 11.3 Å². The summed E-state index contributed by atoms with van der Waals surface area (Å²) in [5.41, 5.74) is 9.07. The minimum absolute atomic E-state index is 0.170. The number of nitrogens with zero attached hydrogens (tertiary/aromatic N) is 1. The molecule has 2 rings (SSSR count). The zero-order valence-corrected chi connectivity index (χ0v) is 7.91. The molecule has 0 saturated heterocycles. The third kappa shape index (κ3) is 1.61. The van der Waals surface area contributed by atoms with Crippen LogP contribution in [0.4, 0.5) is 0 Å². The molecule has 0 radical (unpaired) electrons. The second kappa shape index (κ2) is 3.52. The Balaban J connectivity index is 2.29. The average molecular weight is 185 g/mol. The lowest BCUT2D eigenvalue weighted by Crippen LogP contribution is -2.26. The Morgan fingerprint density at radius 3 is 2.93 bits per heavy atom. The lowest BCUT2D eigenvalue weighted by molar-refractivity contribution is 0.597. The van der Waals surface area contributed by atoms with Gasteiger partial charge in [-0.05, 0) is 30.7 Å². The molecule has 0 aromatic heterocycles. The quantitative estimate of drug-likeness (QED) is 0.698. The number of rotatable bonds is 1. The summed E-state index contributed by atoms with van der Waals surface area (Å²) < 4.78 is 0. The molecule has 1 atom stereocenters. The maximum Gasteiger partial charge on any atom is 0.0991 e. The van der Waals surface area contributed by atoms with E-state index in [4.69, 9.17) is 5.26 Å². The first-order valence-corrected chi connectivity index (χ1v) is 4.49. The van der Waals surface area contributed by atoms with Crippen LogP contribution in [0.25, 0.3) is 0 Å². The second-order valence-electron chi connectivity index (χ2n) is 3.33. The summed E-state index contributed by atoms with van der Waals surface area (Å²) in [7, 11) is 0. The molecule has 0 bridgehead atoms. The van der Waals surface area contributed by atoms with Crippen LogP contribution in [0.2, 0.25) is 0 Å². The second-order valence-corrected chi connectivity index (χ2v) is 3.33. The molecule has 2 N–H and O–H groups in total. The van der Waals surface area contributed by atoms with Crippen molar-refractivity contribution in [3.05, 3.63) is 47.2 Å². The Kier molecular flexibility index (Phi) is 2.21. The van der Waals surface area contributed by atoms with E-state index >= 15 is 0 Å². The van der Waals surface area contributed by atoms with Crippen molar-refractivity contribution in [3.63, 3.8) is 0 Å². The van der Waals surface area contributed by atoms with Crippen LogP contribution in [0.3, 0.4) is 0 Å². The van der Waals surface area contributed by atoms with Crippen molar-refractivity contribution in [3.8, 4) is 6.07 Å². The van der Waals surface area contributed by atoms with Crippen molar-refractivity contribution in [2.75, 3.05) is 0 Å². The summed E-state index contributed by atoms with van der Waals surface area (Å²) in [5, 5.41) is 8.76. The van der Waals surface area contributed by atoms with E-state index in [0.29, 0.717) is 5.56 Å². The molecule has 0 spiro atoms. The Morgan fingerprint density at radius 2 is 2.29 bits per heavy atom. The molecule has 0 fully saturated rings. The van der Waals surface area contributed by atoms with Gasteiger partial charge in [0, 0.05) is 5.70 Å². The number of nitriles is 1. The first kappa shape index (κ1) is 8.79. The molecule has 1 aliphatic heterocycles. The van der Waals surface area contributed by atoms with Crippen molar-refractivity contribution in [1.82, 2.24) is 10.9 Å². The van der Waals surface area contributed by atoms with Crippen LogP contribution in [0.15, 0.2) is 36.0 Å². The van der Waals surface area contributed by atoms with Gasteiger partial charge >= 0.3 is 0 Å². The Hall–Kier alpha value is -1.79. The van der Waals surface area contributed by atoms with Crippen LogP contribution >= 0.6 is 0 Å². The predicted molar refractivity (Wildman–Crippen MR) is 53.9 cm³/mol. The molecule has 1 heterocycles. The van der Waals surface area contributed by atoms with Gasteiger partial charge in [0.2, 0.25) is 0 Å². The van der Waals surface area contributed by atoms with Gasteiger partial charge in [-0.1, -0.05) is 12.1 Å². The SMILES string of the molecule is CC1=CC(c2cccc(C#N)c2)NN1. The standard InChI is InChI=1S/C11H11N3/c1-8-5-11(14-13-8)10-4-2-3-9(6-10)7-12/h2-6,11,13-14H,1H3. The maximum atomic E-state index is 8.76. The highest BCUT2D eigenvalue weighted by atomic mass is 15.4.